The number of halogens is 2. The Morgan fingerprint density at radius 1 is 1.33 bits per heavy atom. The van der Waals surface area contributed by atoms with Crippen LogP contribution < -0.4 is 16.4 Å². The Morgan fingerprint density at radius 3 is 2.54 bits per heavy atom. The van der Waals surface area contributed by atoms with Gasteiger partial charge in [-0.05, 0) is 37.6 Å². The molecular formula is C15H20ClFN4O3. The number of hydrogen-bond acceptors (Lipinski definition) is 4. The molecule has 1 heterocycles. The van der Waals surface area contributed by atoms with Crippen molar-refractivity contribution in [2.45, 2.75) is 18.9 Å². The van der Waals surface area contributed by atoms with Crippen LogP contribution in [0.1, 0.15) is 18.9 Å². The summed E-state index contributed by atoms with van der Waals surface area (Å²) in [5.41, 5.74) is 4.46. The van der Waals surface area contributed by atoms with Crippen molar-refractivity contribution in [3.63, 3.8) is 0 Å². The maximum Gasteiger partial charge on any atom is 0.325 e. The van der Waals surface area contributed by atoms with E-state index in [0.29, 0.717) is 25.1 Å². The van der Waals surface area contributed by atoms with Gasteiger partial charge in [-0.2, -0.15) is 0 Å². The highest BCUT2D eigenvalue weighted by Crippen LogP contribution is 2.28. The number of nitrogens with zero attached hydrogens (tertiary/aromatic N) is 1. The third kappa shape index (κ3) is 4.01. The molecule has 9 heteroatoms. The van der Waals surface area contributed by atoms with Gasteiger partial charge >= 0.3 is 6.03 Å². The molecule has 1 unspecified atom stereocenters. The van der Waals surface area contributed by atoms with Crippen LogP contribution in [0.5, 0.6) is 0 Å². The number of amides is 4. The molecule has 7 nitrogen and oxygen atoms in total. The highest BCUT2D eigenvalue weighted by molar-refractivity contribution is 6.09. The Morgan fingerprint density at radius 2 is 1.96 bits per heavy atom. The molecule has 0 saturated carbocycles. The van der Waals surface area contributed by atoms with Crippen molar-refractivity contribution < 1.29 is 18.8 Å². The third-order valence-electron chi connectivity index (χ3n) is 3.70. The number of imide groups is 1. The van der Waals surface area contributed by atoms with Gasteiger partial charge in [0.25, 0.3) is 5.91 Å². The minimum atomic E-state index is -1.32. The number of nitrogens with two attached hydrogens (primary N) is 1. The largest absolute Gasteiger partial charge is 0.354 e. The number of benzene rings is 1. The molecule has 4 amide bonds. The molecule has 0 spiro atoms. The molecule has 0 aromatic heterocycles. The Kier molecular flexibility index (Phi) is 6.68. The molecule has 1 aliphatic rings. The number of hydrogen-bond donors (Lipinski definition) is 3. The van der Waals surface area contributed by atoms with Crippen LogP contribution in [0.2, 0.25) is 0 Å². The summed E-state index contributed by atoms with van der Waals surface area (Å²) in [6.07, 6.45) is 0.610. The molecule has 1 aliphatic heterocycles. The molecule has 0 bridgehead atoms. The van der Waals surface area contributed by atoms with Crippen molar-refractivity contribution >= 4 is 30.3 Å². The van der Waals surface area contributed by atoms with E-state index in [1.54, 1.807) is 0 Å². The molecule has 0 radical (unpaired) electrons. The van der Waals surface area contributed by atoms with Gasteiger partial charge in [-0.1, -0.05) is 12.1 Å². The first-order chi connectivity index (χ1) is 10.9. The van der Waals surface area contributed by atoms with Gasteiger partial charge in [0.05, 0.1) is 0 Å². The average molecular weight is 359 g/mol. The van der Waals surface area contributed by atoms with Gasteiger partial charge in [-0.15, -0.1) is 12.4 Å². The van der Waals surface area contributed by atoms with Crippen molar-refractivity contribution in [1.82, 2.24) is 15.5 Å². The van der Waals surface area contributed by atoms with E-state index in [-0.39, 0.29) is 19.0 Å². The van der Waals surface area contributed by atoms with Crippen LogP contribution in [-0.2, 0) is 15.1 Å². The lowest BCUT2D eigenvalue weighted by Gasteiger charge is -2.22. The zero-order valence-electron chi connectivity index (χ0n) is 13.2. The molecule has 4 N–H and O–H groups in total. The first-order valence-electron chi connectivity index (χ1n) is 7.25. The van der Waals surface area contributed by atoms with Crippen molar-refractivity contribution in [2.75, 3.05) is 19.6 Å². The summed E-state index contributed by atoms with van der Waals surface area (Å²) in [7, 11) is 0. The monoisotopic (exact) mass is 358 g/mol. The molecule has 0 aliphatic carbocycles. The summed E-state index contributed by atoms with van der Waals surface area (Å²) in [5, 5.41) is 5.14. The highest BCUT2D eigenvalue weighted by atomic mass is 35.5. The quantitative estimate of drug-likeness (QED) is 0.508. The fraction of sp³-hybridized carbons (Fsp3) is 0.400. The minimum Gasteiger partial charge on any atom is -0.354 e. The maximum absolute atomic E-state index is 13.0. The van der Waals surface area contributed by atoms with E-state index in [0.717, 1.165) is 4.90 Å². The van der Waals surface area contributed by atoms with E-state index >= 15 is 0 Å². The van der Waals surface area contributed by atoms with Gasteiger partial charge in [0.1, 0.15) is 17.9 Å². The van der Waals surface area contributed by atoms with Crippen LogP contribution in [0, 0.1) is 5.82 Å². The number of urea groups is 1. The smallest absolute Gasteiger partial charge is 0.325 e. The molecule has 2 rings (SSSR count). The topological polar surface area (TPSA) is 105 Å². The number of carbonyl (C=O) groups is 3. The van der Waals surface area contributed by atoms with E-state index in [1.807, 2.05) is 0 Å². The maximum atomic E-state index is 13.0. The molecule has 1 aromatic carbocycles. The fourth-order valence-electron chi connectivity index (χ4n) is 2.35. The summed E-state index contributed by atoms with van der Waals surface area (Å²) in [4.78, 5) is 37.2. The van der Waals surface area contributed by atoms with Gasteiger partial charge in [0, 0.05) is 6.54 Å². The van der Waals surface area contributed by atoms with Gasteiger partial charge in [0.15, 0.2) is 0 Å². The first-order valence-corrected chi connectivity index (χ1v) is 7.25. The van der Waals surface area contributed by atoms with Crippen LogP contribution in [0.15, 0.2) is 24.3 Å². The zero-order valence-corrected chi connectivity index (χ0v) is 14.0. The van der Waals surface area contributed by atoms with Crippen LogP contribution in [-0.4, -0.2) is 42.4 Å². The molecule has 24 heavy (non-hydrogen) atoms. The van der Waals surface area contributed by atoms with E-state index in [2.05, 4.69) is 10.6 Å². The summed E-state index contributed by atoms with van der Waals surface area (Å²) in [6.45, 7) is 1.97. The standard InChI is InChI=1S/C15H19FN4O3.ClH/c1-15(10-3-5-11(16)6-4-10)13(22)20(14(23)19-15)9-12(21)18-8-2-7-17;/h3-6H,2,7-9,17H2,1H3,(H,18,21)(H,19,23);1H. The second-order valence-corrected chi connectivity index (χ2v) is 5.45. The van der Waals surface area contributed by atoms with Gasteiger partial charge in [0.2, 0.25) is 5.91 Å². The van der Waals surface area contributed by atoms with Crippen LogP contribution in [0.4, 0.5) is 9.18 Å². The van der Waals surface area contributed by atoms with Crippen LogP contribution in [0.3, 0.4) is 0 Å². The van der Waals surface area contributed by atoms with Crippen molar-refractivity contribution in [1.29, 1.82) is 0 Å². The third-order valence-corrected chi connectivity index (χ3v) is 3.70. The number of carbonyl (C=O) groups excluding carboxylic acids is 3. The first kappa shape index (κ1) is 19.9. The predicted molar refractivity (Wildman–Crippen MR) is 87.9 cm³/mol. The van der Waals surface area contributed by atoms with E-state index in [9.17, 15) is 18.8 Å². The summed E-state index contributed by atoms with van der Waals surface area (Å²) in [5.74, 6) is -1.43. The van der Waals surface area contributed by atoms with E-state index < -0.39 is 29.2 Å². The van der Waals surface area contributed by atoms with Crippen molar-refractivity contribution in [3.05, 3.63) is 35.6 Å². The van der Waals surface area contributed by atoms with Gasteiger partial charge in [-0.25, -0.2) is 9.18 Å². The lowest BCUT2D eigenvalue weighted by molar-refractivity contribution is -0.134. The molecule has 132 valence electrons. The SMILES string of the molecule is CC1(c2ccc(F)cc2)NC(=O)N(CC(=O)NCCCN)C1=O.Cl. The number of nitrogens with one attached hydrogen (secondary N) is 2. The molecule has 1 saturated heterocycles. The minimum absolute atomic E-state index is 0. The Labute approximate surface area is 145 Å². The summed E-state index contributed by atoms with van der Waals surface area (Å²) in [6, 6.07) is 4.62. The molecular weight excluding hydrogens is 339 g/mol. The highest BCUT2D eigenvalue weighted by Gasteiger charge is 2.49. The predicted octanol–water partition coefficient (Wildman–Crippen LogP) is 0.480. The van der Waals surface area contributed by atoms with Gasteiger partial charge in [-0.3, -0.25) is 14.5 Å². The van der Waals surface area contributed by atoms with Gasteiger partial charge < -0.3 is 16.4 Å². The lowest BCUT2D eigenvalue weighted by atomic mass is 9.92. The second-order valence-electron chi connectivity index (χ2n) is 5.45. The Balaban J connectivity index is 0.00000288. The lowest BCUT2D eigenvalue weighted by Crippen LogP contribution is -2.43. The molecule has 1 fully saturated rings. The normalized spacial score (nSPS) is 19.7. The summed E-state index contributed by atoms with van der Waals surface area (Å²) < 4.78 is 13.0. The van der Waals surface area contributed by atoms with Crippen LogP contribution >= 0.6 is 12.4 Å². The van der Waals surface area contributed by atoms with Crippen molar-refractivity contribution in [2.24, 2.45) is 5.73 Å². The van der Waals surface area contributed by atoms with E-state index in [1.165, 1.54) is 31.2 Å². The molecule has 1 aromatic rings. The van der Waals surface area contributed by atoms with Crippen molar-refractivity contribution in [3.8, 4) is 0 Å². The van der Waals surface area contributed by atoms with Crippen LogP contribution in [0.25, 0.3) is 0 Å². The Hall–Kier alpha value is -2.19. The number of rotatable bonds is 6. The summed E-state index contributed by atoms with van der Waals surface area (Å²) >= 11 is 0. The molecule has 1 atom stereocenters. The van der Waals surface area contributed by atoms with E-state index in [4.69, 9.17) is 5.73 Å². The Bertz CT molecular complexity index is 626. The fourth-order valence-corrected chi connectivity index (χ4v) is 2.35. The second kappa shape index (κ2) is 8.07. The average Bonchev–Trinajstić information content (AvgIpc) is 2.72. The zero-order chi connectivity index (χ0) is 17.0.